The Kier molecular flexibility index (Phi) is 7.64. The summed E-state index contributed by atoms with van der Waals surface area (Å²) in [4.78, 5) is 30.5. The molecule has 204 valence electrons. The van der Waals surface area contributed by atoms with Crippen LogP contribution in [0.4, 0.5) is 15.0 Å². The van der Waals surface area contributed by atoms with E-state index >= 15 is 0 Å². The molecule has 38 heavy (non-hydrogen) atoms. The number of carbonyl (C=O) groups excluding carboxylic acids is 1. The number of fused-ring (bicyclic) bond motifs is 1. The summed E-state index contributed by atoms with van der Waals surface area (Å²) in [5.41, 5.74) is 0.611. The molecule has 3 aromatic rings. The number of piperidine rings is 1. The first kappa shape index (κ1) is 26.1. The second kappa shape index (κ2) is 11.1. The molecule has 0 unspecified atom stereocenters. The van der Waals surface area contributed by atoms with Crippen molar-refractivity contribution in [1.29, 1.82) is 0 Å². The van der Waals surface area contributed by atoms with Crippen molar-refractivity contribution < 1.29 is 18.7 Å². The average Bonchev–Trinajstić information content (AvgIpc) is 3.53. The molecular weight excluding hydrogens is 489 g/mol. The molecule has 1 N–H and O–H groups in total. The second-order valence-electron chi connectivity index (χ2n) is 10.9. The van der Waals surface area contributed by atoms with E-state index < -0.39 is 5.60 Å². The van der Waals surface area contributed by atoms with Gasteiger partial charge < -0.3 is 19.7 Å². The summed E-state index contributed by atoms with van der Waals surface area (Å²) < 4.78 is 27.3. The van der Waals surface area contributed by atoms with E-state index in [4.69, 9.17) is 14.5 Å². The first-order chi connectivity index (χ1) is 18.2. The molecule has 0 radical (unpaired) electrons. The van der Waals surface area contributed by atoms with Gasteiger partial charge in [0.2, 0.25) is 5.88 Å². The number of aromatic nitrogens is 4. The Morgan fingerprint density at radius 3 is 2.76 bits per heavy atom. The zero-order valence-corrected chi connectivity index (χ0v) is 22.3. The molecule has 0 bridgehead atoms. The monoisotopic (exact) mass is 525 g/mol. The van der Waals surface area contributed by atoms with E-state index in [1.807, 2.05) is 20.8 Å². The van der Waals surface area contributed by atoms with Gasteiger partial charge in [0.1, 0.15) is 35.2 Å². The van der Waals surface area contributed by atoms with Crippen LogP contribution in [-0.2, 0) is 4.74 Å². The van der Waals surface area contributed by atoms with E-state index in [0.717, 1.165) is 32.5 Å². The lowest BCUT2D eigenvalue weighted by atomic mass is 10.1. The van der Waals surface area contributed by atoms with Gasteiger partial charge in [0.05, 0.1) is 6.20 Å². The molecule has 11 heteroatoms. The lowest BCUT2D eigenvalue weighted by Crippen LogP contribution is -2.47. The number of pyridine rings is 1. The van der Waals surface area contributed by atoms with Crippen LogP contribution in [0.2, 0.25) is 0 Å². The van der Waals surface area contributed by atoms with Crippen molar-refractivity contribution in [2.75, 3.05) is 44.6 Å². The van der Waals surface area contributed by atoms with E-state index in [9.17, 15) is 9.18 Å². The molecule has 5 heterocycles. The maximum absolute atomic E-state index is 14.0. The number of carbonyl (C=O) groups is 1. The Labute approximate surface area is 222 Å². The number of likely N-dealkylation sites (tertiary alicyclic amines) is 2. The Balaban J connectivity index is 1.36. The number of halogens is 1. The number of rotatable bonds is 7. The van der Waals surface area contributed by atoms with Crippen LogP contribution < -0.4 is 10.1 Å². The van der Waals surface area contributed by atoms with E-state index in [1.165, 1.54) is 25.1 Å². The highest BCUT2D eigenvalue weighted by atomic mass is 19.1. The first-order valence-electron chi connectivity index (χ1n) is 13.4. The highest BCUT2D eigenvalue weighted by Crippen LogP contribution is 2.25. The molecule has 1 amide bonds. The van der Waals surface area contributed by atoms with Gasteiger partial charge in [-0.15, -0.1) is 0 Å². The van der Waals surface area contributed by atoms with Gasteiger partial charge >= 0.3 is 6.09 Å². The lowest BCUT2D eigenvalue weighted by Gasteiger charge is -2.34. The first-order valence-corrected chi connectivity index (χ1v) is 13.4. The summed E-state index contributed by atoms with van der Waals surface area (Å²) in [6, 6.07) is 4.75. The number of hydrogen-bond acceptors (Lipinski definition) is 8. The second-order valence-corrected chi connectivity index (χ2v) is 10.9. The zero-order chi connectivity index (χ0) is 26.7. The fraction of sp³-hybridized carbons (Fsp3) is 0.556. The van der Waals surface area contributed by atoms with Crippen molar-refractivity contribution in [3.05, 3.63) is 36.4 Å². The van der Waals surface area contributed by atoms with Crippen molar-refractivity contribution in [3.8, 4) is 17.4 Å². The smallest absolute Gasteiger partial charge is 0.410 e. The van der Waals surface area contributed by atoms with E-state index in [2.05, 4.69) is 20.2 Å². The maximum Gasteiger partial charge on any atom is 0.410 e. The zero-order valence-electron chi connectivity index (χ0n) is 22.3. The van der Waals surface area contributed by atoms with Crippen molar-refractivity contribution in [3.63, 3.8) is 0 Å². The Hall–Kier alpha value is -3.47. The number of nitrogens with zero attached hydrogens (tertiary/aromatic N) is 6. The van der Waals surface area contributed by atoms with Gasteiger partial charge in [0.15, 0.2) is 5.82 Å². The minimum atomic E-state index is -0.548. The van der Waals surface area contributed by atoms with E-state index in [-0.39, 0.29) is 18.0 Å². The minimum Gasteiger partial charge on any atom is -0.476 e. The van der Waals surface area contributed by atoms with E-state index in [1.54, 1.807) is 27.6 Å². The lowest BCUT2D eigenvalue weighted by molar-refractivity contribution is 0.0206. The molecule has 0 aromatic carbocycles. The minimum absolute atomic E-state index is 0.0175. The molecule has 2 fully saturated rings. The molecule has 0 aliphatic carbocycles. The number of hydrogen-bond donors (Lipinski definition) is 1. The SMILES string of the molecule is CC(C)(C)OC(=O)N1CCC[C@@H](Nc2cc(OCCN3CCCC3)nc(-c3cnc4ccc(F)cn34)n2)C1. The van der Waals surface area contributed by atoms with Gasteiger partial charge in [-0.2, -0.15) is 4.98 Å². The van der Waals surface area contributed by atoms with Crippen LogP contribution in [0.15, 0.2) is 30.6 Å². The van der Waals surface area contributed by atoms with Crippen LogP contribution in [0.25, 0.3) is 17.2 Å². The van der Waals surface area contributed by atoms with Gasteiger partial charge in [-0.25, -0.2) is 19.2 Å². The summed E-state index contributed by atoms with van der Waals surface area (Å²) in [6.07, 6.45) is 6.86. The van der Waals surface area contributed by atoms with Crippen molar-refractivity contribution in [2.24, 2.45) is 0 Å². The summed E-state index contributed by atoms with van der Waals surface area (Å²) in [7, 11) is 0. The number of imidazole rings is 1. The molecule has 5 rings (SSSR count). The van der Waals surface area contributed by atoms with Crippen molar-refractivity contribution in [1.82, 2.24) is 29.2 Å². The summed E-state index contributed by atoms with van der Waals surface area (Å²) in [5, 5.41) is 3.47. The summed E-state index contributed by atoms with van der Waals surface area (Å²) in [6.45, 7) is 10.3. The van der Waals surface area contributed by atoms with Gasteiger partial charge in [-0.05, 0) is 71.7 Å². The molecule has 2 aliphatic rings. The Morgan fingerprint density at radius 2 is 1.97 bits per heavy atom. The van der Waals surface area contributed by atoms with Gasteiger partial charge in [0, 0.05) is 37.9 Å². The predicted molar refractivity (Wildman–Crippen MR) is 142 cm³/mol. The molecule has 2 aliphatic heterocycles. The van der Waals surface area contributed by atoms with E-state index in [0.29, 0.717) is 48.6 Å². The highest BCUT2D eigenvalue weighted by molar-refractivity contribution is 5.68. The van der Waals surface area contributed by atoms with Crippen molar-refractivity contribution in [2.45, 2.75) is 58.1 Å². The van der Waals surface area contributed by atoms with Crippen LogP contribution in [-0.4, -0.2) is 86.2 Å². The fourth-order valence-electron chi connectivity index (χ4n) is 4.89. The van der Waals surface area contributed by atoms with Gasteiger partial charge in [-0.1, -0.05) is 0 Å². The third kappa shape index (κ3) is 6.50. The van der Waals surface area contributed by atoms with Crippen molar-refractivity contribution >= 4 is 17.6 Å². The average molecular weight is 526 g/mol. The number of anilines is 1. The number of nitrogens with one attached hydrogen (secondary N) is 1. The van der Waals surface area contributed by atoms with Crippen LogP contribution in [0.1, 0.15) is 46.5 Å². The summed E-state index contributed by atoms with van der Waals surface area (Å²) in [5.74, 6) is 1.01. The third-order valence-electron chi connectivity index (χ3n) is 6.68. The standard InChI is InChI=1S/C27H36FN7O3/c1-27(2,3)38-26(36)34-12-6-7-20(18-34)30-22-15-24(37-14-13-33-10-4-5-11-33)32-25(31-22)21-16-29-23-9-8-19(28)17-35(21)23/h8-9,15-17,20H,4-7,10-14,18H2,1-3H3,(H,30,31,32)/t20-/m1/s1. The van der Waals surface area contributed by atoms with Gasteiger partial charge in [-0.3, -0.25) is 9.30 Å². The molecular formula is C27H36FN7O3. The quantitative estimate of drug-likeness (QED) is 0.490. The topological polar surface area (TPSA) is 97.1 Å². The normalized spacial score (nSPS) is 18.6. The molecule has 0 spiro atoms. The molecule has 1 atom stereocenters. The van der Waals surface area contributed by atoms with Gasteiger partial charge in [0.25, 0.3) is 0 Å². The molecule has 10 nitrogen and oxygen atoms in total. The highest BCUT2D eigenvalue weighted by Gasteiger charge is 2.28. The van der Waals surface area contributed by atoms with Crippen LogP contribution in [0.3, 0.4) is 0 Å². The fourth-order valence-corrected chi connectivity index (χ4v) is 4.89. The molecule has 3 aromatic heterocycles. The molecule has 2 saturated heterocycles. The third-order valence-corrected chi connectivity index (χ3v) is 6.68. The predicted octanol–water partition coefficient (Wildman–Crippen LogP) is 4.22. The Morgan fingerprint density at radius 1 is 1.16 bits per heavy atom. The van der Waals surface area contributed by atoms with Crippen LogP contribution in [0, 0.1) is 5.82 Å². The number of amides is 1. The maximum atomic E-state index is 14.0. The van der Waals surface area contributed by atoms with Crippen LogP contribution in [0.5, 0.6) is 5.88 Å². The summed E-state index contributed by atoms with van der Waals surface area (Å²) >= 11 is 0. The molecule has 0 saturated carbocycles. The van der Waals surface area contributed by atoms with Crippen LogP contribution >= 0.6 is 0 Å². The number of ether oxygens (including phenoxy) is 2. The largest absolute Gasteiger partial charge is 0.476 e. The Bertz CT molecular complexity index is 1270.